The summed E-state index contributed by atoms with van der Waals surface area (Å²) in [4.78, 5) is 14.1. The van der Waals surface area contributed by atoms with Gasteiger partial charge in [0.15, 0.2) is 5.82 Å². The third-order valence-electron chi connectivity index (χ3n) is 2.39. The number of hydrogen-bond donors (Lipinski definition) is 1. The number of carboxylic acids is 1. The summed E-state index contributed by atoms with van der Waals surface area (Å²) in [7, 11) is 0. The molecule has 0 saturated carbocycles. The number of hydrogen-bond acceptors (Lipinski definition) is 5. The highest BCUT2D eigenvalue weighted by Gasteiger charge is 2.33. The summed E-state index contributed by atoms with van der Waals surface area (Å²) in [5.74, 6) is -2.12. The molecule has 0 spiro atoms. The van der Waals surface area contributed by atoms with Gasteiger partial charge in [0, 0.05) is 6.04 Å². The van der Waals surface area contributed by atoms with Gasteiger partial charge in [-0.15, -0.1) is 5.10 Å². The molecule has 2 atom stereocenters. The van der Waals surface area contributed by atoms with E-state index >= 15 is 0 Å². The van der Waals surface area contributed by atoms with Crippen LogP contribution in [0.3, 0.4) is 0 Å². The molecule has 2 heterocycles. The van der Waals surface area contributed by atoms with E-state index in [-0.39, 0.29) is 18.4 Å². The van der Waals surface area contributed by atoms with E-state index in [2.05, 4.69) is 15.4 Å². The Morgan fingerprint density at radius 1 is 1.69 bits per heavy atom. The summed E-state index contributed by atoms with van der Waals surface area (Å²) in [5.41, 5.74) is 0. The Hall–Kier alpha value is -1.73. The smallest absolute Gasteiger partial charge is 0.260 e. The predicted molar refractivity (Wildman–Crippen MR) is 47.1 cm³/mol. The summed E-state index contributed by atoms with van der Waals surface area (Å²) < 4.78 is 26.3. The molecule has 0 saturated heterocycles. The van der Waals surface area contributed by atoms with Gasteiger partial charge in [0.2, 0.25) is 5.95 Å². The number of halogens is 2. The van der Waals surface area contributed by atoms with Crippen molar-refractivity contribution in [2.24, 2.45) is 0 Å². The van der Waals surface area contributed by atoms with Crippen molar-refractivity contribution < 1.29 is 18.7 Å². The minimum atomic E-state index is -2.61. The van der Waals surface area contributed by atoms with Gasteiger partial charge in [-0.1, -0.05) is 0 Å². The zero-order valence-corrected chi connectivity index (χ0v) is 8.35. The molecule has 1 aliphatic heterocycles. The molecule has 0 aliphatic carbocycles. The Kier molecular flexibility index (Phi) is 2.49. The first-order chi connectivity index (χ1) is 7.49. The van der Waals surface area contributed by atoms with Crippen LogP contribution < -0.4 is 10.4 Å². The van der Waals surface area contributed by atoms with Gasteiger partial charge >= 0.3 is 0 Å². The average molecular weight is 231 g/mol. The highest BCUT2D eigenvalue weighted by molar-refractivity contribution is 5.81. The third-order valence-corrected chi connectivity index (χ3v) is 2.39. The van der Waals surface area contributed by atoms with Crippen LogP contribution in [0.15, 0.2) is 0 Å². The lowest BCUT2D eigenvalue weighted by Crippen LogP contribution is -2.34. The maximum Gasteiger partial charge on any atom is 0.260 e. The van der Waals surface area contributed by atoms with Crippen LogP contribution in [-0.4, -0.2) is 33.2 Å². The monoisotopic (exact) mass is 231 g/mol. The standard InChI is InChI=1S/C8H10F2N4O2/c1-3-2-4(5(9)10)14-8(11-3)12-6(13-14)7(15)16/h3-5H,2H2,1H3,(H,15,16)(H,11,12,13)/p-1/t3-,4-/m1/s1. The van der Waals surface area contributed by atoms with Crippen molar-refractivity contribution in [1.29, 1.82) is 0 Å². The number of carbonyl (C=O) groups is 1. The molecule has 2 rings (SSSR count). The van der Waals surface area contributed by atoms with Crippen LogP contribution >= 0.6 is 0 Å². The molecule has 0 fully saturated rings. The Labute approximate surface area is 89.3 Å². The van der Waals surface area contributed by atoms with Gasteiger partial charge in [-0.25, -0.2) is 13.5 Å². The van der Waals surface area contributed by atoms with Crippen LogP contribution in [0, 0.1) is 0 Å². The Bertz CT molecular complexity index is 420. The quantitative estimate of drug-likeness (QED) is 0.752. The molecule has 0 amide bonds. The molecule has 1 aromatic rings. The number of fused-ring (bicyclic) bond motifs is 1. The number of carbonyl (C=O) groups excluding carboxylic acids is 1. The van der Waals surface area contributed by atoms with Gasteiger partial charge in [0.05, 0.1) is 0 Å². The van der Waals surface area contributed by atoms with Gasteiger partial charge in [-0.2, -0.15) is 4.98 Å². The summed E-state index contributed by atoms with van der Waals surface area (Å²) in [6.07, 6.45) is -2.44. The summed E-state index contributed by atoms with van der Waals surface area (Å²) in [5, 5.41) is 16.8. The van der Waals surface area contributed by atoms with Gasteiger partial charge in [-0.05, 0) is 13.3 Å². The van der Waals surface area contributed by atoms with E-state index in [0.29, 0.717) is 0 Å². The second-order valence-electron chi connectivity index (χ2n) is 3.67. The molecule has 1 N–H and O–H groups in total. The SMILES string of the molecule is C[C@@H]1C[C@H](C(F)F)n2nc(C(=O)[O-])nc2N1. The van der Waals surface area contributed by atoms with Crippen LogP contribution in [0.1, 0.15) is 30.0 Å². The first-order valence-electron chi connectivity index (χ1n) is 4.71. The van der Waals surface area contributed by atoms with Gasteiger partial charge in [0.25, 0.3) is 6.43 Å². The maximum atomic E-state index is 12.7. The first kappa shape index (κ1) is 10.8. The van der Waals surface area contributed by atoms with Crippen molar-refractivity contribution in [2.75, 3.05) is 5.32 Å². The lowest BCUT2D eigenvalue weighted by atomic mass is 10.1. The Morgan fingerprint density at radius 2 is 2.38 bits per heavy atom. The average Bonchev–Trinajstić information content (AvgIpc) is 2.59. The normalized spacial score (nSPS) is 24.0. The summed E-state index contributed by atoms with van der Waals surface area (Å²) in [6, 6.07) is -1.35. The van der Waals surface area contributed by atoms with E-state index in [0.717, 1.165) is 4.68 Å². The van der Waals surface area contributed by atoms with Gasteiger partial charge in [0.1, 0.15) is 12.0 Å². The molecule has 1 aromatic heterocycles. The van der Waals surface area contributed by atoms with Crippen molar-refractivity contribution >= 4 is 11.9 Å². The summed E-state index contributed by atoms with van der Waals surface area (Å²) in [6.45, 7) is 1.71. The lowest BCUT2D eigenvalue weighted by Gasteiger charge is -2.28. The zero-order valence-electron chi connectivity index (χ0n) is 8.35. The molecule has 16 heavy (non-hydrogen) atoms. The molecule has 0 aromatic carbocycles. The van der Waals surface area contributed by atoms with Gasteiger partial charge in [-0.3, -0.25) is 0 Å². The van der Waals surface area contributed by atoms with Crippen LogP contribution in [0.4, 0.5) is 14.7 Å². The lowest BCUT2D eigenvalue weighted by molar-refractivity contribution is -0.256. The van der Waals surface area contributed by atoms with Crippen molar-refractivity contribution in [2.45, 2.75) is 31.9 Å². The molecule has 8 heteroatoms. The number of anilines is 1. The number of nitrogens with zero attached hydrogens (tertiary/aromatic N) is 3. The molecule has 0 radical (unpaired) electrons. The number of alkyl halides is 2. The Morgan fingerprint density at radius 3 is 2.94 bits per heavy atom. The van der Waals surface area contributed by atoms with Crippen molar-refractivity contribution in [3.8, 4) is 0 Å². The molecule has 1 aliphatic rings. The minimum absolute atomic E-state index is 0.0447. The van der Waals surface area contributed by atoms with E-state index in [1.807, 2.05) is 0 Å². The fourth-order valence-electron chi connectivity index (χ4n) is 1.69. The van der Waals surface area contributed by atoms with Crippen LogP contribution in [0.5, 0.6) is 0 Å². The highest BCUT2D eigenvalue weighted by Crippen LogP contribution is 2.29. The highest BCUT2D eigenvalue weighted by atomic mass is 19.3. The van der Waals surface area contributed by atoms with Crippen LogP contribution in [-0.2, 0) is 0 Å². The van der Waals surface area contributed by atoms with Crippen LogP contribution in [0.2, 0.25) is 0 Å². The van der Waals surface area contributed by atoms with E-state index < -0.39 is 24.3 Å². The van der Waals surface area contributed by atoms with Crippen molar-refractivity contribution in [3.63, 3.8) is 0 Å². The summed E-state index contributed by atoms with van der Waals surface area (Å²) >= 11 is 0. The predicted octanol–water partition coefficient (Wildman–Crippen LogP) is -0.348. The molecular weight excluding hydrogens is 222 g/mol. The Balaban J connectivity index is 2.41. The number of rotatable bonds is 2. The molecule has 0 unspecified atom stereocenters. The number of aromatic carboxylic acids is 1. The largest absolute Gasteiger partial charge is 0.541 e. The zero-order chi connectivity index (χ0) is 11.9. The molecular formula is C8H9F2N4O2-. The number of aromatic nitrogens is 3. The fraction of sp³-hybridized carbons (Fsp3) is 0.625. The third kappa shape index (κ3) is 1.70. The van der Waals surface area contributed by atoms with Gasteiger partial charge < -0.3 is 15.2 Å². The molecule has 88 valence electrons. The second kappa shape index (κ2) is 3.69. The number of carboxylic acid groups (broad SMARTS) is 1. The van der Waals surface area contributed by atoms with E-state index in [1.54, 1.807) is 6.92 Å². The van der Waals surface area contributed by atoms with Crippen LogP contribution in [0.25, 0.3) is 0 Å². The maximum absolute atomic E-state index is 12.7. The minimum Gasteiger partial charge on any atom is -0.541 e. The van der Waals surface area contributed by atoms with Crippen molar-refractivity contribution in [1.82, 2.24) is 14.8 Å². The second-order valence-corrected chi connectivity index (χ2v) is 3.67. The first-order valence-corrected chi connectivity index (χ1v) is 4.71. The fourth-order valence-corrected chi connectivity index (χ4v) is 1.69. The molecule has 6 nitrogen and oxygen atoms in total. The van der Waals surface area contributed by atoms with E-state index in [4.69, 9.17) is 0 Å². The van der Waals surface area contributed by atoms with E-state index in [9.17, 15) is 18.7 Å². The van der Waals surface area contributed by atoms with Crippen molar-refractivity contribution in [3.05, 3.63) is 5.82 Å². The molecule has 0 bridgehead atoms. The van der Waals surface area contributed by atoms with E-state index in [1.165, 1.54) is 0 Å². The topological polar surface area (TPSA) is 82.9 Å². The number of nitrogens with one attached hydrogen (secondary N) is 1.